The first-order chi connectivity index (χ1) is 5.83. The third-order valence-corrected chi connectivity index (χ3v) is 1.55. The Morgan fingerprint density at radius 1 is 1.50 bits per heavy atom. The van der Waals surface area contributed by atoms with Crippen LogP contribution in [0.4, 0.5) is 0 Å². The Hall–Kier alpha value is -1.42. The molecule has 0 atom stereocenters. The summed E-state index contributed by atoms with van der Waals surface area (Å²) in [5, 5.41) is 0. The summed E-state index contributed by atoms with van der Waals surface area (Å²) < 4.78 is 0. The summed E-state index contributed by atoms with van der Waals surface area (Å²) in [7, 11) is 0. The van der Waals surface area contributed by atoms with Gasteiger partial charge in [0.05, 0.1) is 0 Å². The number of aryl methyl sites for hydroxylation is 1. The number of rotatable bonds is 3. The van der Waals surface area contributed by atoms with Crippen LogP contribution in [0.15, 0.2) is 24.5 Å². The number of hydrogen-bond acceptors (Lipinski definition) is 3. The van der Waals surface area contributed by atoms with Crippen molar-refractivity contribution in [2.24, 2.45) is 5.84 Å². The van der Waals surface area contributed by atoms with Crippen molar-refractivity contribution in [3.8, 4) is 0 Å². The van der Waals surface area contributed by atoms with Gasteiger partial charge in [0.25, 0.3) is 0 Å². The predicted molar refractivity (Wildman–Crippen MR) is 44.9 cm³/mol. The summed E-state index contributed by atoms with van der Waals surface area (Å²) >= 11 is 0. The number of nitrogens with two attached hydrogens (primary N) is 1. The molecule has 4 heteroatoms. The Kier molecular flexibility index (Phi) is 3.22. The van der Waals surface area contributed by atoms with Crippen LogP contribution in [0.3, 0.4) is 0 Å². The fraction of sp³-hybridized carbons (Fsp3) is 0.250. The smallest absolute Gasteiger partial charge is 0.234 e. The van der Waals surface area contributed by atoms with E-state index in [2.05, 4.69) is 10.4 Å². The molecule has 0 aliphatic rings. The highest BCUT2D eigenvalue weighted by atomic mass is 16.2. The van der Waals surface area contributed by atoms with Crippen LogP contribution in [0.1, 0.15) is 12.0 Å². The van der Waals surface area contributed by atoms with Crippen LogP contribution < -0.4 is 11.3 Å². The minimum absolute atomic E-state index is 0.146. The minimum Gasteiger partial charge on any atom is -0.294 e. The lowest BCUT2D eigenvalue weighted by molar-refractivity contribution is -0.121. The first-order valence-electron chi connectivity index (χ1n) is 3.71. The molecular formula is C8H11N3O. The molecule has 1 heterocycles. The molecule has 0 aliphatic heterocycles. The molecule has 1 amide bonds. The van der Waals surface area contributed by atoms with Gasteiger partial charge in [-0.3, -0.25) is 15.2 Å². The number of hydrazine groups is 1. The van der Waals surface area contributed by atoms with E-state index in [9.17, 15) is 4.79 Å². The zero-order valence-corrected chi connectivity index (χ0v) is 6.66. The number of carbonyl (C=O) groups excluding carboxylic acids is 1. The van der Waals surface area contributed by atoms with Crippen molar-refractivity contribution in [3.63, 3.8) is 0 Å². The van der Waals surface area contributed by atoms with Crippen molar-refractivity contribution in [1.29, 1.82) is 0 Å². The molecule has 0 unspecified atom stereocenters. The number of nitrogens with one attached hydrogen (secondary N) is 1. The maximum absolute atomic E-state index is 10.7. The largest absolute Gasteiger partial charge is 0.294 e. The van der Waals surface area contributed by atoms with E-state index < -0.39 is 0 Å². The fourth-order valence-corrected chi connectivity index (χ4v) is 0.879. The average molecular weight is 165 g/mol. The summed E-state index contributed by atoms with van der Waals surface area (Å²) in [4.78, 5) is 14.6. The molecule has 0 aromatic carbocycles. The second kappa shape index (κ2) is 4.46. The van der Waals surface area contributed by atoms with Gasteiger partial charge in [0.1, 0.15) is 0 Å². The molecule has 3 N–H and O–H groups in total. The first kappa shape index (κ1) is 8.67. The lowest BCUT2D eigenvalue weighted by atomic mass is 10.1. The van der Waals surface area contributed by atoms with Gasteiger partial charge in [-0.05, 0) is 24.1 Å². The van der Waals surface area contributed by atoms with Crippen LogP contribution in [-0.4, -0.2) is 10.9 Å². The SMILES string of the molecule is NNC(=O)CCc1ccncc1. The standard InChI is InChI=1S/C8H11N3O/c9-11-8(12)2-1-7-3-5-10-6-4-7/h3-6H,1-2,9H2,(H,11,12). The zero-order chi connectivity index (χ0) is 8.81. The van der Waals surface area contributed by atoms with Gasteiger partial charge in [-0.2, -0.15) is 0 Å². The van der Waals surface area contributed by atoms with Crippen LogP contribution in [0, 0.1) is 0 Å². The predicted octanol–water partition coefficient (Wildman–Crippen LogP) is 0.00410. The van der Waals surface area contributed by atoms with Gasteiger partial charge in [0, 0.05) is 18.8 Å². The molecular weight excluding hydrogens is 154 g/mol. The Labute approximate surface area is 70.8 Å². The van der Waals surface area contributed by atoms with E-state index >= 15 is 0 Å². The number of aromatic nitrogens is 1. The summed E-state index contributed by atoms with van der Waals surface area (Å²) in [6.45, 7) is 0. The molecule has 0 fully saturated rings. The van der Waals surface area contributed by atoms with Gasteiger partial charge < -0.3 is 0 Å². The number of amides is 1. The summed E-state index contributed by atoms with van der Waals surface area (Å²) in [5.41, 5.74) is 3.17. The van der Waals surface area contributed by atoms with E-state index in [0.717, 1.165) is 5.56 Å². The van der Waals surface area contributed by atoms with Crippen molar-refractivity contribution < 1.29 is 4.79 Å². The highest BCUT2D eigenvalue weighted by Gasteiger charge is 1.98. The van der Waals surface area contributed by atoms with Gasteiger partial charge in [0.2, 0.25) is 5.91 Å². The molecule has 64 valence electrons. The maximum atomic E-state index is 10.7. The molecule has 12 heavy (non-hydrogen) atoms. The molecule has 0 radical (unpaired) electrons. The third kappa shape index (κ3) is 2.67. The van der Waals surface area contributed by atoms with Gasteiger partial charge in [-0.1, -0.05) is 0 Å². The van der Waals surface area contributed by atoms with E-state index in [-0.39, 0.29) is 5.91 Å². The van der Waals surface area contributed by atoms with Crippen LogP contribution in [0.25, 0.3) is 0 Å². The van der Waals surface area contributed by atoms with Gasteiger partial charge in [-0.15, -0.1) is 0 Å². The highest BCUT2D eigenvalue weighted by molar-refractivity contribution is 5.75. The third-order valence-electron chi connectivity index (χ3n) is 1.55. The van der Waals surface area contributed by atoms with Crippen molar-refractivity contribution >= 4 is 5.91 Å². The number of hydrogen-bond donors (Lipinski definition) is 2. The number of nitrogens with zero attached hydrogens (tertiary/aromatic N) is 1. The lowest BCUT2D eigenvalue weighted by Crippen LogP contribution is -2.30. The van der Waals surface area contributed by atoms with Crippen LogP contribution >= 0.6 is 0 Å². The number of pyridine rings is 1. The molecule has 4 nitrogen and oxygen atoms in total. The maximum Gasteiger partial charge on any atom is 0.234 e. The minimum atomic E-state index is -0.146. The fourth-order valence-electron chi connectivity index (χ4n) is 0.879. The van der Waals surface area contributed by atoms with E-state index in [0.29, 0.717) is 12.8 Å². The van der Waals surface area contributed by atoms with Crippen molar-refractivity contribution in [3.05, 3.63) is 30.1 Å². The molecule has 0 aliphatic carbocycles. The van der Waals surface area contributed by atoms with Gasteiger partial charge in [-0.25, -0.2) is 5.84 Å². The van der Waals surface area contributed by atoms with Crippen molar-refractivity contribution in [1.82, 2.24) is 10.4 Å². The van der Waals surface area contributed by atoms with Crippen molar-refractivity contribution in [2.45, 2.75) is 12.8 Å². The Morgan fingerprint density at radius 2 is 2.17 bits per heavy atom. The normalized spacial score (nSPS) is 9.42. The monoisotopic (exact) mass is 165 g/mol. The number of carbonyl (C=O) groups is 1. The second-order valence-corrected chi connectivity index (χ2v) is 2.42. The van der Waals surface area contributed by atoms with E-state index in [1.165, 1.54) is 0 Å². The van der Waals surface area contributed by atoms with E-state index in [1.807, 2.05) is 12.1 Å². The molecule has 0 saturated carbocycles. The van der Waals surface area contributed by atoms with Crippen LogP contribution in [-0.2, 0) is 11.2 Å². The summed E-state index contributed by atoms with van der Waals surface area (Å²) in [6.07, 6.45) is 4.53. The quantitative estimate of drug-likeness (QED) is 0.376. The van der Waals surface area contributed by atoms with Gasteiger partial charge in [0.15, 0.2) is 0 Å². The Morgan fingerprint density at radius 3 is 2.75 bits per heavy atom. The van der Waals surface area contributed by atoms with E-state index in [4.69, 9.17) is 5.84 Å². The molecule has 0 spiro atoms. The molecule has 1 rings (SSSR count). The van der Waals surface area contributed by atoms with Gasteiger partial charge >= 0.3 is 0 Å². The second-order valence-electron chi connectivity index (χ2n) is 2.42. The molecule has 0 saturated heterocycles. The summed E-state index contributed by atoms with van der Waals surface area (Å²) in [5.74, 6) is 4.78. The van der Waals surface area contributed by atoms with Crippen LogP contribution in [0.5, 0.6) is 0 Å². The Bertz CT molecular complexity index is 248. The molecule has 1 aromatic heterocycles. The lowest BCUT2D eigenvalue weighted by Gasteiger charge is -1.98. The first-order valence-corrected chi connectivity index (χ1v) is 3.71. The molecule has 0 bridgehead atoms. The van der Waals surface area contributed by atoms with E-state index in [1.54, 1.807) is 12.4 Å². The topological polar surface area (TPSA) is 68.0 Å². The zero-order valence-electron chi connectivity index (χ0n) is 6.66. The average Bonchev–Trinajstić information content (AvgIpc) is 2.16. The highest BCUT2D eigenvalue weighted by Crippen LogP contribution is 1.99. The Balaban J connectivity index is 2.38. The van der Waals surface area contributed by atoms with Crippen LogP contribution in [0.2, 0.25) is 0 Å². The summed E-state index contributed by atoms with van der Waals surface area (Å²) in [6, 6.07) is 3.76. The molecule has 1 aromatic rings. The van der Waals surface area contributed by atoms with Crippen molar-refractivity contribution in [2.75, 3.05) is 0 Å².